The Morgan fingerprint density at radius 1 is 1.14 bits per heavy atom. The van der Waals surface area contributed by atoms with Crippen molar-refractivity contribution in [2.75, 3.05) is 5.75 Å². The maximum Gasteiger partial charge on any atom is 1.00 e. The quantitative estimate of drug-likeness (QED) is 0.309. The summed E-state index contributed by atoms with van der Waals surface area (Å²) in [5, 5.41) is 0. The zero-order valence-corrected chi connectivity index (χ0v) is 10.9. The molecule has 72 valence electrons. The van der Waals surface area contributed by atoms with Gasteiger partial charge in [-0.15, -0.1) is 0 Å². The first-order chi connectivity index (χ1) is 6.08. The van der Waals surface area contributed by atoms with E-state index in [-0.39, 0.29) is 35.3 Å². The standard InChI is InChI=1S/C8H11NO3S.Na/c10-13(11,12)8-4-7-9-5-2-1-3-6-9;/h1-3,5-6H,4,7-8H2;/q;+1. The zero-order chi connectivity index (χ0) is 9.73. The second-order valence-corrected chi connectivity index (χ2v) is 4.25. The minimum Gasteiger partial charge on any atom is -0.748 e. The van der Waals surface area contributed by atoms with Crippen LogP contribution in [0.15, 0.2) is 30.6 Å². The second-order valence-electron chi connectivity index (χ2n) is 2.73. The Hall–Kier alpha value is 0.0600. The molecule has 14 heavy (non-hydrogen) atoms. The molecule has 0 amide bonds. The Bertz CT molecular complexity index is 352. The van der Waals surface area contributed by atoms with Crippen molar-refractivity contribution in [3.63, 3.8) is 0 Å². The Kier molecular flexibility index (Phi) is 6.55. The van der Waals surface area contributed by atoms with Gasteiger partial charge in [-0.1, -0.05) is 6.07 Å². The Balaban J connectivity index is 0.00000169. The molecule has 4 nitrogen and oxygen atoms in total. The van der Waals surface area contributed by atoms with Crippen molar-refractivity contribution in [2.45, 2.75) is 13.0 Å². The van der Waals surface area contributed by atoms with Crippen LogP contribution in [0.2, 0.25) is 0 Å². The van der Waals surface area contributed by atoms with Gasteiger partial charge in [0.1, 0.15) is 6.54 Å². The van der Waals surface area contributed by atoms with Crippen molar-refractivity contribution in [2.24, 2.45) is 0 Å². The van der Waals surface area contributed by atoms with Crippen molar-refractivity contribution in [1.29, 1.82) is 0 Å². The molecule has 0 spiro atoms. The molecule has 0 saturated carbocycles. The third kappa shape index (κ3) is 6.50. The van der Waals surface area contributed by atoms with Crippen molar-refractivity contribution in [3.05, 3.63) is 30.6 Å². The summed E-state index contributed by atoms with van der Waals surface area (Å²) in [6.07, 6.45) is 4.02. The summed E-state index contributed by atoms with van der Waals surface area (Å²) in [7, 11) is -4.06. The summed E-state index contributed by atoms with van der Waals surface area (Å²) in [5.74, 6) is -0.297. The predicted octanol–water partition coefficient (Wildman–Crippen LogP) is -3.09. The molecule has 1 heterocycles. The SMILES string of the molecule is O=S(=O)([O-])CCC[n+]1ccccc1.[Na+]. The van der Waals surface area contributed by atoms with Crippen molar-refractivity contribution in [3.8, 4) is 0 Å². The number of pyridine rings is 1. The molecule has 0 bridgehead atoms. The molecule has 0 aliphatic heterocycles. The number of aromatic nitrogens is 1. The molecule has 1 rings (SSSR count). The first-order valence-corrected chi connectivity index (χ1v) is 5.53. The Labute approximate surface area is 106 Å². The van der Waals surface area contributed by atoms with E-state index in [1.807, 2.05) is 35.2 Å². The number of nitrogens with zero attached hydrogens (tertiary/aromatic N) is 1. The van der Waals surface area contributed by atoms with Gasteiger partial charge in [-0.2, -0.15) is 0 Å². The van der Waals surface area contributed by atoms with Gasteiger partial charge in [-0.3, -0.25) is 0 Å². The van der Waals surface area contributed by atoms with Gasteiger partial charge in [-0.05, 0) is 0 Å². The average molecular weight is 224 g/mol. The third-order valence-electron chi connectivity index (χ3n) is 1.59. The van der Waals surface area contributed by atoms with Gasteiger partial charge in [0.2, 0.25) is 0 Å². The molecule has 0 N–H and O–H groups in total. The maximum atomic E-state index is 10.3. The molecule has 0 unspecified atom stereocenters. The van der Waals surface area contributed by atoms with Crippen LogP contribution >= 0.6 is 0 Å². The van der Waals surface area contributed by atoms with Gasteiger partial charge in [0.15, 0.2) is 12.4 Å². The van der Waals surface area contributed by atoms with Gasteiger partial charge < -0.3 is 4.55 Å². The zero-order valence-electron chi connectivity index (χ0n) is 8.09. The minimum atomic E-state index is -4.06. The van der Waals surface area contributed by atoms with E-state index in [0.717, 1.165) is 0 Å². The molecule has 0 atom stereocenters. The molecule has 1 aromatic heterocycles. The fraction of sp³-hybridized carbons (Fsp3) is 0.375. The van der Waals surface area contributed by atoms with Crippen LogP contribution in [0, 0.1) is 0 Å². The fourth-order valence-corrected chi connectivity index (χ4v) is 1.49. The number of aryl methyl sites for hydroxylation is 1. The van der Waals surface area contributed by atoms with Crippen LogP contribution in [0.5, 0.6) is 0 Å². The summed E-state index contributed by atoms with van der Waals surface area (Å²) in [6, 6.07) is 5.58. The van der Waals surface area contributed by atoms with Crippen LogP contribution in [-0.2, 0) is 16.7 Å². The average Bonchev–Trinajstić information content (AvgIpc) is 2.04. The van der Waals surface area contributed by atoms with E-state index < -0.39 is 10.1 Å². The topological polar surface area (TPSA) is 61.1 Å². The largest absolute Gasteiger partial charge is 1.00 e. The van der Waals surface area contributed by atoms with Crippen molar-refractivity contribution >= 4 is 10.1 Å². The number of hydrogen-bond acceptors (Lipinski definition) is 3. The van der Waals surface area contributed by atoms with Crippen LogP contribution in [0.25, 0.3) is 0 Å². The van der Waals surface area contributed by atoms with E-state index in [2.05, 4.69) is 0 Å². The molecule has 0 radical (unpaired) electrons. The summed E-state index contributed by atoms with van der Waals surface area (Å²) in [4.78, 5) is 0. The molecule has 0 saturated heterocycles. The Morgan fingerprint density at radius 2 is 1.71 bits per heavy atom. The third-order valence-corrected chi connectivity index (χ3v) is 2.38. The maximum absolute atomic E-state index is 10.3. The molecule has 0 aliphatic rings. The summed E-state index contributed by atoms with van der Waals surface area (Å²) >= 11 is 0. The van der Waals surface area contributed by atoms with E-state index in [4.69, 9.17) is 0 Å². The van der Waals surface area contributed by atoms with E-state index in [9.17, 15) is 13.0 Å². The molecular weight excluding hydrogens is 213 g/mol. The van der Waals surface area contributed by atoms with Crippen molar-refractivity contribution in [1.82, 2.24) is 0 Å². The van der Waals surface area contributed by atoms with E-state index in [1.54, 1.807) is 0 Å². The summed E-state index contributed by atoms with van der Waals surface area (Å²) in [5.41, 5.74) is 0. The molecule has 0 aromatic carbocycles. The first kappa shape index (κ1) is 14.1. The van der Waals surface area contributed by atoms with E-state index in [1.165, 1.54) is 0 Å². The molecule has 0 aliphatic carbocycles. The van der Waals surface area contributed by atoms with Gasteiger partial charge in [0, 0.05) is 24.3 Å². The smallest absolute Gasteiger partial charge is 0.748 e. The number of rotatable bonds is 4. The predicted molar refractivity (Wildman–Crippen MR) is 45.8 cm³/mol. The van der Waals surface area contributed by atoms with Gasteiger partial charge >= 0.3 is 29.6 Å². The first-order valence-electron chi connectivity index (χ1n) is 3.95. The van der Waals surface area contributed by atoms with Gasteiger partial charge in [-0.25, -0.2) is 13.0 Å². The summed E-state index contributed by atoms with van der Waals surface area (Å²) < 4.78 is 32.6. The van der Waals surface area contributed by atoms with E-state index in [0.29, 0.717) is 13.0 Å². The van der Waals surface area contributed by atoms with Gasteiger partial charge in [0.25, 0.3) is 0 Å². The normalized spacial score (nSPS) is 10.6. The Morgan fingerprint density at radius 3 is 2.21 bits per heavy atom. The molecular formula is C8H11NNaO3S+. The molecule has 0 fully saturated rings. The molecule has 6 heteroatoms. The minimum absolute atomic E-state index is 0. The van der Waals surface area contributed by atoms with E-state index >= 15 is 0 Å². The van der Waals surface area contributed by atoms with Crippen LogP contribution in [0.4, 0.5) is 0 Å². The van der Waals surface area contributed by atoms with Crippen molar-refractivity contribution < 1.29 is 47.1 Å². The van der Waals surface area contributed by atoms with Crippen LogP contribution in [0.3, 0.4) is 0 Å². The van der Waals surface area contributed by atoms with Crippen LogP contribution in [-0.4, -0.2) is 18.7 Å². The second kappa shape index (κ2) is 6.53. The fourth-order valence-electron chi connectivity index (χ4n) is 1.01. The number of hydrogen-bond donors (Lipinski definition) is 0. The van der Waals surface area contributed by atoms with Crippen LogP contribution < -0.4 is 34.1 Å². The molecule has 1 aromatic rings. The monoisotopic (exact) mass is 224 g/mol. The van der Waals surface area contributed by atoms with Gasteiger partial charge in [0.05, 0.1) is 10.1 Å². The van der Waals surface area contributed by atoms with Crippen LogP contribution in [0.1, 0.15) is 6.42 Å². The summed E-state index contributed by atoms with van der Waals surface area (Å²) in [6.45, 7) is 0.558.